The summed E-state index contributed by atoms with van der Waals surface area (Å²) in [5.41, 5.74) is 5.14. The predicted octanol–water partition coefficient (Wildman–Crippen LogP) is 5.26. The number of allylic oxidation sites excluding steroid dienone is 1. The van der Waals surface area contributed by atoms with Crippen molar-refractivity contribution in [2.24, 2.45) is 4.99 Å². The van der Waals surface area contributed by atoms with Crippen molar-refractivity contribution in [2.75, 3.05) is 18.0 Å². The zero-order valence-electron chi connectivity index (χ0n) is 19.1. The predicted molar refractivity (Wildman–Crippen MR) is 145 cm³/mol. The molecule has 4 aromatic rings. The molecule has 0 N–H and O–H groups in total. The first-order valence-electron chi connectivity index (χ1n) is 11.9. The number of aromatic nitrogens is 1. The molecule has 0 spiro atoms. The van der Waals surface area contributed by atoms with Crippen molar-refractivity contribution in [3.63, 3.8) is 0 Å². The Morgan fingerprint density at radius 2 is 1.63 bits per heavy atom. The van der Waals surface area contributed by atoms with Gasteiger partial charge in [0.05, 0.1) is 16.3 Å². The van der Waals surface area contributed by atoms with Crippen LogP contribution in [0, 0.1) is 0 Å². The minimum absolute atomic E-state index is 0.0271. The summed E-state index contributed by atoms with van der Waals surface area (Å²) < 4.78 is 2.48. The lowest BCUT2D eigenvalue weighted by atomic mass is 10.0. The van der Waals surface area contributed by atoms with E-state index >= 15 is 0 Å². The van der Waals surface area contributed by atoms with Crippen LogP contribution in [0.5, 0.6) is 0 Å². The Morgan fingerprint density at radius 1 is 0.914 bits per heavy atom. The zero-order chi connectivity index (χ0) is 23.8. The lowest BCUT2D eigenvalue weighted by Gasteiger charge is -2.19. The van der Waals surface area contributed by atoms with Gasteiger partial charge in [0, 0.05) is 23.8 Å². The second-order valence-corrected chi connectivity index (χ2v) is 10.3. The van der Waals surface area contributed by atoms with E-state index in [1.54, 1.807) is 4.57 Å². The maximum Gasteiger partial charge on any atom is 0.271 e. The van der Waals surface area contributed by atoms with Crippen molar-refractivity contribution in [3.05, 3.63) is 126 Å². The number of thiazole rings is 1. The van der Waals surface area contributed by atoms with Gasteiger partial charge >= 0.3 is 0 Å². The maximum absolute atomic E-state index is 13.6. The van der Waals surface area contributed by atoms with Gasteiger partial charge < -0.3 is 4.90 Å². The highest BCUT2D eigenvalue weighted by atomic mass is 35.5. The second-order valence-electron chi connectivity index (χ2n) is 8.88. The molecule has 3 aromatic carbocycles. The summed E-state index contributed by atoms with van der Waals surface area (Å²) in [4.78, 5) is 21.6. The molecular formula is C29H24ClN3OS. The Kier molecular flexibility index (Phi) is 5.88. The van der Waals surface area contributed by atoms with Gasteiger partial charge in [-0.3, -0.25) is 9.36 Å². The molecule has 2 aliphatic rings. The fraction of sp³-hybridized carbons (Fsp3) is 0.172. The van der Waals surface area contributed by atoms with Crippen molar-refractivity contribution in [1.82, 2.24) is 4.57 Å². The summed E-state index contributed by atoms with van der Waals surface area (Å²) in [5, 5.41) is 0.672. The normalized spacial score (nSPS) is 17.7. The average molecular weight is 498 g/mol. The average Bonchev–Trinajstić information content (AvgIpc) is 3.54. The highest BCUT2D eigenvalue weighted by Crippen LogP contribution is 2.27. The van der Waals surface area contributed by atoms with Crippen molar-refractivity contribution in [3.8, 4) is 0 Å². The Balaban J connectivity index is 1.45. The van der Waals surface area contributed by atoms with E-state index in [1.165, 1.54) is 29.9 Å². The summed E-state index contributed by atoms with van der Waals surface area (Å²) in [6.07, 6.45) is 6.54. The van der Waals surface area contributed by atoms with Crippen molar-refractivity contribution in [1.29, 1.82) is 0 Å². The number of nitrogens with zero attached hydrogens (tertiary/aromatic N) is 3. The first-order chi connectivity index (χ1) is 17.2. The van der Waals surface area contributed by atoms with Gasteiger partial charge in [-0.05, 0) is 65.9 Å². The summed E-state index contributed by atoms with van der Waals surface area (Å²) in [5.74, 6) is 0. The maximum atomic E-state index is 13.6. The third-order valence-corrected chi connectivity index (χ3v) is 7.82. The van der Waals surface area contributed by atoms with Gasteiger partial charge in [0.2, 0.25) is 0 Å². The molecule has 174 valence electrons. The molecule has 0 saturated carbocycles. The molecule has 3 heterocycles. The highest BCUT2D eigenvalue weighted by Gasteiger charge is 2.22. The van der Waals surface area contributed by atoms with Gasteiger partial charge in [0.1, 0.15) is 0 Å². The van der Waals surface area contributed by atoms with Gasteiger partial charge in [-0.1, -0.05) is 77.5 Å². The SMILES string of the molecule is O=c1c(=Cc2ccc(N3CCCC3)cc2)sc2n1C(c1ccc(Cl)cc1)C=C(c1ccccc1)N=2. The molecule has 0 bridgehead atoms. The molecule has 6 heteroatoms. The van der Waals surface area contributed by atoms with Crippen LogP contribution in [0.3, 0.4) is 0 Å². The smallest absolute Gasteiger partial charge is 0.271 e. The minimum Gasteiger partial charge on any atom is -0.372 e. The number of rotatable bonds is 4. The standard InChI is InChI=1S/C29H24ClN3OS/c30-23-12-10-22(11-13-23)26-19-25(21-6-2-1-3-7-21)31-29-33(26)28(34)27(35-29)18-20-8-14-24(15-9-20)32-16-4-5-17-32/h1-3,6-15,18-19,26H,4-5,16-17H2. The number of benzene rings is 3. The number of hydrogen-bond acceptors (Lipinski definition) is 4. The quantitative estimate of drug-likeness (QED) is 0.386. The third kappa shape index (κ3) is 4.38. The number of halogens is 1. The molecule has 1 unspecified atom stereocenters. The van der Waals surface area contributed by atoms with Crippen LogP contribution in [-0.4, -0.2) is 17.7 Å². The third-order valence-electron chi connectivity index (χ3n) is 6.59. The molecule has 4 nitrogen and oxygen atoms in total. The van der Waals surface area contributed by atoms with Crippen LogP contribution < -0.4 is 19.8 Å². The Labute approximate surface area is 212 Å². The Morgan fingerprint density at radius 3 is 2.34 bits per heavy atom. The molecule has 1 fully saturated rings. The molecular weight excluding hydrogens is 474 g/mol. The number of fused-ring (bicyclic) bond motifs is 1. The first kappa shape index (κ1) is 22.1. The van der Waals surface area contributed by atoms with Crippen LogP contribution in [0.1, 0.15) is 35.6 Å². The molecule has 35 heavy (non-hydrogen) atoms. The molecule has 0 amide bonds. The van der Waals surface area contributed by atoms with Crippen LogP contribution in [0.4, 0.5) is 5.69 Å². The van der Waals surface area contributed by atoms with Crippen LogP contribution >= 0.6 is 22.9 Å². The van der Waals surface area contributed by atoms with E-state index in [1.807, 2.05) is 60.7 Å². The van der Waals surface area contributed by atoms with Crippen LogP contribution in [0.15, 0.2) is 94.7 Å². The first-order valence-corrected chi connectivity index (χ1v) is 13.0. The molecule has 1 saturated heterocycles. The van der Waals surface area contributed by atoms with E-state index in [0.29, 0.717) is 14.4 Å². The van der Waals surface area contributed by atoms with Crippen molar-refractivity contribution < 1.29 is 0 Å². The van der Waals surface area contributed by atoms with Crippen molar-refractivity contribution in [2.45, 2.75) is 18.9 Å². The molecule has 1 atom stereocenters. The van der Waals surface area contributed by atoms with E-state index < -0.39 is 0 Å². The van der Waals surface area contributed by atoms with E-state index in [-0.39, 0.29) is 11.6 Å². The van der Waals surface area contributed by atoms with Gasteiger partial charge in [-0.25, -0.2) is 4.99 Å². The van der Waals surface area contributed by atoms with E-state index in [9.17, 15) is 4.79 Å². The molecule has 6 rings (SSSR count). The second kappa shape index (κ2) is 9.33. The van der Waals surface area contributed by atoms with E-state index in [0.717, 1.165) is 35.5 Å². The molecule has 2 aliphatic heterocycles. The lowest BCUT2D eigenvalue weighted by Crippen LogP contribution is -2.36. The largest absolute Gasteiger partial charge is 0.372 e. The number of hydrogen-bond donors (Lipinski definition) is 0. The number of anilines is 1. The molecule has 0 aliphatic carbocycles. The fourth-order valence-electron chi connectivity index (χ4n) is 4.76. The van der Waals surface area contributed by atoms with Gasteiger partial charge in [-0.15, -0.1) is 0 Å². The molecule has 1 aromatic heterocycles. The fourth-order valence-corrected chi connectivity index (χ4v) is 5.90. The van der Waals surface area contributed by atoms with E-state index in [2.05, 4.69) is 35.2 Å². The van der Waals surface area contributed by atoms with E-state index in [4.69, 9.17) is 16.6 Å². The van der Waals surface area contributed by atoms with Gasteiger partial charge in [0.25, 0.3) is 5.56 Å². The zero-order valence-corrected chi connectivity index (χ0v) is 20.7. The molecule has 0 radical (unpaired) electrons. The highest BCUT2D eigenvalue weighted by molar-refractivity contribution is 7.07. The summed E-state index contributed by atoms with van der Waals surface area (Å²) >= 11 is 7.58. The van der Waals surface area contributed by atoms with Gasteiger partial charge in [-0.2, -0.15) is 0 Å². The summed E-state index contributed by atoms with van der Waals surface area (Å²) in [6, 6.07) is 26.0. The lowest BCUT2D eigenvalue weighted by molar-refractivity contribution is 0.644. The van der Waals surface area contributed by atoms with Crippen LogP contribution in [-0.2, 0) is 0 Å². The summed E-state index contributed by atoms with van der Waals surface area (Å²) in [7, 11) is 0. The Bertz CT molecular complexity index is 1560. The topological polar surface area (TPSA) is 37.6 Å². The van der Waals surface area contributed by atoms with Gasteiger partial charge in [0.15, 0.2) is 4.80 Å². The van der Waals surface area contributed by atoms with Crippen molar-refractivity contribution >= 4 is 40.4 Å². The monoisotopic (exact) mass is 497 g/mol. The minimum atomic E-state index is -0.251. The van der Waals surface area contributed by atoms with Crippen LogP contribution in [0.2, 0.25) is 5.02 Å². The summed E-state index contributed by atoms with van der Waals surface area (Å²) in [6.45, 7) is 2.23. The van der Waals surface area contributed by atoms with Crippen LogP contribution in [0.25, 0.3) is 11.8 Å². The Hall–Kier alpha value is -3.41.